The molecule has 0 nitrogen and oxygen atoms in total. The highest BCUT2D eigenvalue weighted by Gasteiger charge is 2.14. The van der Waals surface area contributed by atoms with E-state index in [4.69, 9.17) is 0 Å². The molecule has 0 aliphatic rings. The van der Waals surface area contributed by atoms with Gasteiger partial charge in [0.25, 0.3) is 0 Å². The minimum absolute atomic E-state index is 0. The van der Waals surface area contributed by atoms with E-state index < -0.39 is 0 Å². The second kappa shape index (κ2) is 8.41. The van der Waals surface area contributed by atoms with Gasteiger partial charge in [-0.15, -0.1) is 0 Å². The van der Waals surface area contributed by atoms with Crippen LogP contribution in [0.1, 0.15) is 11.1 Å². The lowest BCUT2D eigenvalue weighted by Gasteiger charge is -2.14. The molecular weight excluding hydrogens is 338 g/mol. The fraction of sp³-hybridized carbons (Fsp3) is 0.0400. The third kappa shape index (κ3) is 4.12. The Balaban J connectivity index is 0.00000210. The van der Waals surface area contributed by atoms with E-state index in [1.54, 1.807) is 6.07 Å². The topological polar surface area (TPSA) is 0 Å². The molecule has 0 spiro atoms. The van der Waals surface area contributed by atoms with E-state index >= 15 is 4.39 Å². The van der Waals surface area contributed by atoms with Gasteiger partial charge in [-0.25, -0.2) is 4.39 Å². The lowest BCUT2D eigenvalue weighted by molar-refractivity contribution is 0.615. The van der Waals surface area contributed by atoms with Gasteiger partial charge in [0, 0.05) is 12.0 Å². The first-order chi connectivity index (χ1) is 12.8. The Bertz CT molecular complexity index is 994. The molecule has 0 N–H and O–H groups in total. The van der Waals surface area contributed by atoms with Crippen molar-refractivity contribution in [2.24, 2.45) is 0 Å². The van der Waals surface area contributed by atoms with Crippen LogP contribution in [0.3, 0.4) is 0 Å². The SMILES string of the molecule is F.Fc1cc(-c2ccccc2)cc(-c2ccccc2)c1Cc1ccccc1. The Hall–Kier alpha value is -3.26. The number of halogens is 2. The van der Waals surface area contributed by atoms with Gasteiger partial charge in [0.2, 0.25) is 0 Å². The van der Waals surface area contributed by atoms with Gasteiger partial charge >= 0.3 is 0 Å². The van der Waals surface area contributed by atoms with Crippen molar-refractivity contribution in [2.75, 3.05) is 0 Å². The van der Waals surface area contributed by atoms with Gasteiger partial charge in [-0.2, -0.15) is 0 Å². The van der Waals surface area contributed by atoms with Crippen LogP contribution in [0, 0.1) is 5.82 Å². The van der Waals surface area contributed by atoms with Gasteiger partial charge in [0.1, 0.15) is 5.82 Å². The van der Waals surface area contributed by atoms with Crippen molar-refractivity contribution in [2.45, 2.75) is 6.42 Å². The highest BCUT2D eigenvalue weighted by molar-refractivity contribution is 5.76. The van der Waals surface area contributed by atoms with Gasteiger partial charge in [-0.05, 0) is 39.9 Å². The molecule has 0 saturated carbocycles. The summed E-state index contributed by atoms with van der Waals surface area (Å²) >= 11 is 0. The van der Waals surface area contributed by atoms with Crippen molar-refractivity contribution < 1.29 is 9.09 Å². The monoisotopic (exact) mass is 358 g/mol. The van der Waals surface area contributed by atoms with Crippen molar-refractivity contribution in [3.05, 3.63) is 120 Å². The van der Waals surface area contributed by atoms with Gasteiger partial charge in [-0.3, -0.25) is 4.70 Å². The van der Waals surface area contributed by atoms with Crippen LogP contribution in [0.2, 0.25) is 0 Å². The zero-order valence-corrected chi connectivity index (χ0v) is 14.8. The summed E-state index contributed by atoms with van der Waals surface area (Å²) in [6.07, 6.45) is 0.575. The van der Waals surface area contributed by atoms with Crippen molar-refractivity contribution >= 4 is 0 Å². The Labute approximate surface area is 158 Å². The molecule has 0 aromatic heterocycles. The predicted octanol–water partition coefficient (Wildman–Crippen LogP) is 6.90. The van der Waals surface area contributed by atoms with Crippen LogP contribution < -0.4 is 0 Å². The molecule has 0 bridgehead atoms. The highest BCUT2D eigenvalue weighted by atomic mass is 19.1. The summed E-state index contributed by atoms with van der Waals surface area (Å²) in [6.45, 7) is 0. The Morgan fingerprint density at radius 3 is 1.67 bits per heavy atom. The fourth-order valence-electron chi connectivity index (χ4n) is 3.29. The Kier molecular flexibility index (Phi) is 5.77. The lowest BCUT2D eigenvalue weighted by Crippen LogP contribution is -1.98. The summed E-state index contributed by atoms with van der Waals surface area (Å²) in [4.78, 5) is 0. The number of hydrogen-bond donors (Lipinski definition) is 0. The second-order valence-corrected chi connectivity index (χ2v) is 6.38. The van der Waals surface area contributed by atoms with Gasteiger partial charge < -0.3 is 0 Å². The zero-order valence-electron chi connectivity index (χ0n) is 14.8. The Morgan fingerprint density at radius 2 is 1.07 bits per heavy atom. The van der Waals surface area contributed by atoms with Gasteiger partial charge in [0.05, 0.1) is 0 Å². The maximum absolute atomic E-state index is 15.2. The molecule has 4 aromatic rings. The third-order valence-electron chi connectivity index (χ3n) is 4.61. The largest absolute Gasteiger partial charge is 0.269 e. The minimum atomic E-state index is -0.158. The molecule has 0 amide bonds. The van der Waals surface area contributed by atoms with E-state index in [2.05, 4.69) is 6.07 Å². The van der Waals surface area contributed by atoms with Crippen LogP contribution in [-0.2, 0) is 6.42 Å². The van der Waals surface area contributed by atoms with Crippen LogP contribution in [0.15, 0.2) is 103 Å². The van der Waals surface area contributed by atoms with Crippen LogP contribution in [-0.4, -0.2) is 0 Å². The Morgan fingerprint density at radius 1 is 0.556 bits per heavy atom. The van der Waals surface area contributed by atoms with E-state index in [0.29, 0.717) is 6.42 Å². The summed E-state index contributed by atoms with van der Waals surface area (Å²) in [7, 11) is 0. The normalized spacial score (nSPS) is 10.3. The molecule has 0 aliphatic heterocycles. The molecule has 134 valence electrons. The minimum Gasteiger partial charge on any atom is -0.269 e. The molecule has 0 heterocycles. The van der Waals surface area contributed by atoms with Crippen molar-refractivity contribution in [3.63, 3.8) is 0 Å². The highest BCUT2D eigenvalue weighted by Crippen LogP contribution is 2.33. The van der Waals surface area contributed by atoms with E-state index in [-0.39, 0.29) is 10.5 Å². The number of benzene rings is 4. The van der Waals surface area contributed by atoms with Crippen molar-refractivity contribution in [1.82, 2.24) is 0 Å². The zero-order chi connectivity index (χ0) is 17.8. The molecule has 4 aromatic carbocycles. The average Bonchev–Trinajstić information content (AvgIpc) is 2.71. The molecule has 0 saturated heterocycles. The lowest BCUT2D eigenvalue weighted by atomic mass is 9.91. The standard InChI is InChI=1S/C25H19F.FH/c26-25-18-22(20-12-6-2-7-13-20)17-23(21-14-8-3-9-15-21)24(25)16-19-10-4-1-5-11-19;/h1-15,17-18H,16H2;1H. The molecule has 0 radical (unpaired) electrons. The van der Waals surface area contributed by atoms with Gasteiger partial charge in [-0.1, -0.05) is 91.0 Å². The first kappa shape index (κ1) is 18.5. The molecule has 0 unspecified atom stereocenters. The molecule has 4 rings (SSSR count). The summed E-state index contributed by atoms with van der Waals surface area (Å²) in [5.74, 6) is -0.158. The predicted molar refractivity (Wildman–Crippen MR) is 109 cm³/mol. The first-order valence-electron chi connectivity index (χ1n) is 8.78. The van der Waals surface area contributed by atoms with E-state index in [1.807, 2.05) is 91.0 Å². The summed E-state index contributed by atoms with van der Waals surface area (Å²) in [6, 6.07) is 33.8. The summed E-state index contributed by atoms with van der Waals surface area (Å²) < 4.78 is 15.2. The van der Waals surface area contributed by atoms with Crippen molar-refractivity contribution in [3.8, 4) is 22.3 Å². The summed E-state index contributed by atoms with van der Waals surface area (Å²) in [5, 5.41) is 0. The van der Waals surface area contributed by atoms with Crippen LogP contribution >= 0.6 is 0 Å². The average molecular weight is 358 g/mol. The molecular formula is C25H20F2. The molecule has 0 aliphatic carbocycles. The van der Waals surface area contributed by atoms with Crippen LogP contribution in [0.4, 0.5) is 9.09 Å². The maximum Gasteiger partial charge on any atom is 0.127 e. The molecule has 0 fully saturated rings. The van der Waals surface area contributed by atoms with Crippen LogP contribution in [0.25, 0.3) is 22.3 Å². The number of hydrogen-bond acceptors (Lipinski definition) is 0. The van der Waals surface area contributed by atoms with E-state index in [9.17, 15) is 0 Å². The smallest absolute Gasteiger partial charge is 0.127 e. The fourth-order valence-corrected chi connectivity index (χ4v) is 3.29. The molecule has 2 heteroatoms. The van der Waals surface area contributed by atoms with Crippen molar-refractivity contribution in [1.29, 1.82) is 0 Å². The van der Waals surface area contributed by atoms with E-state index in [0.717, 1.165) is 33.4 Å². The van der Waals surface area contributed by atoms with E-state index in [1.165, 1.54) is 0 Å². The first-order valence-corrected chi connectivity index (χ1v) is 8.78. The number of rotatable bonds is 4. The maximum atomic E-state index is 15.2. The van der Waals surface area contributed by atoms with Gasteiger partial charge in [0.15, 0.2) is 0 Å². The summed E-state index contributed by atoms with van der Waals surface area (Å²) in [5.41, 5.74) is 5.76. The quantitative estimate of drug-likeness (QED) is 0.372. The third-order valence-corrected chi connectivity index (χ3v) is 4.61. The van der Waals surface area contributed by atoms with Crippen LogP contribution in [0.5, 0.6) is 0 Å². The molecule has 27 heavy (non-hydrogen) atoms. The second-order valence-electron chi connectivity index (χ2n) is 6.38. The molecule has 0 atom stereocenters.